The van der Waals surface area contributed by atoms with Crippen molar-refractivity contribution in [2.45, 2.75) is 13.0 Å². The summed E-state index contributed by atoms with van der Waals surface area (Å²) in [5.74, 6) is 0.829. The third kappa shape index (κ3) is 6.92. The van der Waals surface area contributed by atoms with Gasteiger partial charge in [-0.25, -0.2) is 0 Å². The van der Waals surface area contributed by atoms with E-state index in [2.05, 4.69) is 10.5 Å². The van der Waals surface area contributed by atoms with Crippen molar-refractivity contribution in [3.05, 3.63) is 11.8 Å². The second-order valence-electron chi connectivity index (χ2n) is 4.75. The van der Waals surface area contributed by atoms with Crippen molar-refractivity contribution in [2.24, 2.45) is 0 Å². The first-order valence-electron chi connectivity index (χ1n) is 6.64. The van der Waals surface area contributed by atoms with E-state index in [-0.39, 0.29) is 36.5 Å². The van der Waals surface area contributed by atoms with Crippen LogP contribution in [0.25, 0.3) is 0 Å². The highest BCUT2D eigenvalue weighted by Crippen LogP contribution is 2.09. The van der Waals surface area contributed by atoms with Gasteiger partial charge >= 0.3 is 0 Å². The molecular weight excluding hydrogens is 310 g/mol. The summed E-state index contributed by atoms with van der Waals surface area (Å²) < 4.78 is 9.63. The van der Waals surface area contributed by atoms with E-state index < -0.39 is 6.10 Å². The van der Waals surface area contributed by atoms with Gasteiger partial charge in [0.2, 0.25) is 11.8 Å². The highest BCUT2D eigenvalue weighted by atomic mass is 32.2. The summed E-state index contributed by atoms with van der Waals surface area (Å²) in [6.45, 7) is 2.09. The number of carbonyl (C=O) groups is 2. The third-order valence-electron chi connectivity index (χ3n) is 2.62. The lowest BCUT2D eigenvalue weighted by atomic mass is 10.3. The maximum absolute atomic E-state index is 11.8. The standard InChI is InChI=1S/C13H21N3O5S/c1-9-4-11(15-21-9)14-12(18)7-22-8-13(19)16(2)5-10(17)6-20-3/h4,10,17H,5-8H2,1-3H3,(H,14,15,18). The van der Waals surface area contributed by atoms with Gasteiger partial charge in [-0.3, -0.25) is 9.59 Å². The molecule has 1 unspecified atom stereocenters. The van der Waals surface area contributed by atoms with Crippen LogP contribution in [-0.2, 0) is 14.3 Å². The van der Waals surface area contributed by atoms with Crippen molar-refractivity contribution in [3.63, 3.8) is 0 Å². The molecule has 0 spiro atoms. The molecule has 8 nitrogen and oxygen atoms in total. The normalized spacial score (nSPS) is 12.0. The number of methoxy groups -OCH3 is 1. The van der Waals surface area contributed by atoms with E-state index in [1.54, 1.807) is 20.0 Å². The molecule has 0 aliphatic carbocycles. The van der Waals surface area contributed by atoms with Crippen LogP contribution in [0.3, 0.4) is 0 Å². The molecule has 1 atom stereocenters. The Kier molecular flexibility index (Phi) is 7.92. The molecule has 2 amide bonds. The van der Waals surface area contributed by atoms with Gasteiger partial charge in [0, 0.05) is 26.8 Å². The average molecular weight is 331 g/mol. The zero-order valence-corrected chi connectivity index (χ0v) is 13.7. The number of aryl methyl sites for hydroxylation is 1. The van der Waals surface area contributed by atoms with Crippen LogP contribution < -0.4 is 5.32 Å². The van der Waals surface area contributed by atoms with E-state index >= 15 is 0 Å². The molecule has 1 aromatic rings. The number of anilines is 1. The third-order valence-corrected chi connectivity index (χ3v) is 3.54. The van der Waals surface area contributed by atoms with Crippen molar-refractivity contribution < 1.29 is 24.0 Å². The number of aliphatic hydroxyl groups excluding tert-OH is 1. The Balaban J connectivity index is 2.22. The number of ether oxygens (including phenoxy) is 1. The van der Waals surface area contributed by atoms with Gasteiger partial charge in [0.05, 0.1) is 24.2 Å². The van der Waals surface area contributed by atoms with Gasteiger partial charge in [0.1, 0.15) is 5.76 Å². The number of nitrogens with zero attached hydrogens (tertiary/aromatic N) is 2. The molecule has 22 heavy (non-hydrogen) atoms. The first kappa shape index (κ1) is 18.5. The summed E-state index contributed by atoms with van der Waals surface area (Å²) in [5.41, 5.74) is 0. The van der Waals surface area contributed by atoms with Crippen LogP contribution in [0.4, 0.5) is 5.82 Å². The molecule has 0 fully saturated rings. The molecule has 2 N–H and O–H groups in total. The predicted octanol–water partition coefficient (Wildman–Crippen LogP) is 0.120. The van der Waals surface area contributed by atoms with Crippen molar-refractivity contribution in [3.8, 4) is 0 Å². The summed E-state index contributed by atoms with van der Waals surface area (Å²) >= 11 is 1.19. The molecule has 0 aliphatic rings. The Morgan fingerprint density at radius 2 is 2.27 bits per heavy atom. The molecule has 0 aromatic carbocycles. The van der Waals surface area contributed by atoms with E-state index in [1.165, 1.54) is 23.8 Å². The first-order valence-corrected chi connectivity index (χ1v) is 7.79. The number of hydrogen-bond donors (Lipinski definition) is 2. The second-order valence-corrected chi connectivity index (χ2v) is 5.73. The average Bonchev–Trinajstić information content (AvgIpc) is 2.83. The topological polar surface area (TPSA) is 105 Å². The second kappa shape index (κ2) is 9.44. The minimum Gasteiger partial charge on any atom is -0.389 e. The number of hydrogen-bond acceptors (Lipinski definition) is 7. The Hall–Kier alpha value is -1.58. The number of rotatable bonds is 9. The minimum atomic E-state index is -0.720. The summed E-state index contributed by atoms with van der Waals surface area (Å²) in [4.78, 5) is 24.9. The van der Waals surface area contributed by atoms with Crippen LogP contribution in [0, 0.1) is 6.92 Å². The van der Waals surface area contributed by atoms with Crippen LogP contribution in [0.1, 0.15) is 5.76 Å². The van der Waals surface area contributed by atoms with Gasteiger partial charge in [-0.2, -0.15) is 0 Å². The summed E-state index contributed by atoms with van der Waals surface area (Å²) in [6, 6.07) is 1.61. The predicted molar refractivity (Wildman–Crippen MR) is 82.7 cm³/mol. The van der Waals surface area contributed by atoms with Gasteiger partial charge in [0.15, 0.2) is 5.82 Å². The quantitative estimate of drug-likeness (QED) is 0.662. The molecule has 0 bridgehead atoms. The maximum Gasteiger partial charge on any atom is 0.235 e. The van der Waals surface area contributed by atoms with Crippen molar-refractivity contribution >= 4 is 29.4 Å². The van der Waals surface area contributed by atoms with Crippen molar-refractivity contribution in [2.75, 3.05) is 44.1 Å². The molecule has 0 radical (unpaired) electrons. The fraction of sp³-hybridized carbons (Fsp3) is 0.615. The van der Waals surface area contributed by atoms with E-state index in [4.69, 9.17) is 9.26 Å². The number of thioether (sulfide) groups is 1. The first-order chi connectivity index (χ1) is 10.4. The molecule has 9 heteroatoms. The Morgan fingerprint density at radius 1 is 1.55 bits per heavy atom. The number of carbonyl (C=O) groups excluding carboxylic acids is 2. The highest BCUT2D eigenvalue weighted by molar-refractivity contribution is 8.00. The Morgan fingerprint density at radius 3 is 2.86 bits per heavy atom. The van der Waals surface area contributed by atoms with Crippen molar-refractivity contribution in [1.82, 2.24) is 10.1 Å². The number of aliphatic hydroxyl groups is 1. The molecule has 124 valence electrons. The zero-order chi connectivity index (χ0) is 16.5. The summed E-state index contributed by atoms with van der Waals surface area (Å²) in [7, 11) is 3.08. The van der Waals surface area contributed by atoms with Gasteiger partial charge in [-0.15, -0.1) is 11.8 Å². The maximum atomic E-state index is 11.8. The fourth-order valence-corrected chi connectivity index (χ4v) is 2.36. The highest BCUT2D eigenvalue weighted by Gasteiger charge is 2.14. The lowest BCUT2D eigenvalue weighted by Gasteiger charge is -2.20. The summed E-state index contributed by atoms with van der Waals surface area (Å²) in [5, 5.41) is 15.8. The largest absolute Gasteiger partial charge is 0.389 e. The van der Waals surface area contributed by atoms with Gasteiger partial charge in [-0.1, -0.05) is 5.16 Å². The molecule has 1 rings (SSSR count). The number of aromatic nitrogens is 1. The molecule has 1 aromatic heterocycles. The molecule has 0 saturated carbocycles. The fourth-order valence-electron chi connectivity index (χ4n) is 1.61. The number of nitrogens with one attached hydrogen (secondary N) is 1. The van der Waals surface area contributed by atoms with Crippen LogP contribution in [0.2, 0.25) is 0 Å². The lowest BCUT2D eigenvalue weighted by molar-refractivity contribution is -0.128. The number of amides is 2. The monoisotopic (exact) mass is 331 g/mol. The molecule has 0 aliphatic heterocycles. The van der Waals surface area contributed by atoms with Crippen LogP contribution in [-0.4, -0.2) is 71.9 Å². The van der Waals surface area contributed by atoms with E-state index in [0.29, 0.717) is 11.6 Å². The Bertz CT molecular complexity index is 494. The number of likely N-dealkylation sites (N-methyl/N-ethyl adjacent to an activating group) is 1. The van der Waals surface area contributed by atoms with E-state index in [0.717, 1.165) is 0 Å². The van der Waals surface area contributed by atoms with Gasteiger partial charge in [0.25, 0.3) is 0 Å². The zero-order valence-electron chi connectivity index (χ0n) is 12.9. The van der Waals surface area contributed by atoms with Gasteiger partial charge in [-0.05, 0) is 6.92 Å². The van der Waals surface area contributed by atoms with Gasteiger partial charge < -0.3 is 24.6 Å². The van der Waals surface area contributed by atoms with E-state index in [1.807, 2.05) is 0 Å². The summed E-state index contributed by atoms with van der Waals surface area (Å²) in [6.07, 6.45) is -0.720. The molecule has 1 heterocycles. The SMILES string of the molecule is COCC(O)CN(C)C(=O)CSCC(=O)Nc1cc(C)on1. The van der Waals surface area contributed by atoms with E-state index in [9.17, 15) is 14.7 Å². The smallest absolute Gasteiger partial charge is 0.235 e. The minimum absolute atomic E-state index is 0.131. The molecule has 0 saturated heterocycles. The van der Waals surface area contributed by atoms with Crippen LogP contribution in [0.15, 0.2) is 10.6 Å². The lowest BCUT2D eigenvalue weighted by Crippen LogP contribution is -2.37. The van der Waals surface area contributed by atoms with Crippen LogP contribution >= 0.6 is 11.8 Å². The van der Waals surface area contributed by atoms with Crippen LogP contribution in [0.5, 0.6) is 0 Å². The van der Waals surface area contributed by atoms with Crippen molar-refractivity contribution in [1.29, 1.82) is 0 Å². The molecular formula is C13H21N3O5S. The Labute approximate surface area is 133 Å².